The highest BCUT2D eigenvalue weighted by molar-refractivity contribution is 5.59. The molecule has 2 aromatic carbocycles. The standard InChI is InChI=1S/C11H18N2O2.C10H16N2O2/c1-9-8-10(12)2-3-11(9)13(4-6-14)5-7-15;11-9-1-3-10(4-2-9)12(5-7-13)6-8-14/h2-3,8,14-15H,4-7,12H2,1H3;1-4,13-14H,5-8,11H2. The number of aryl methyl sites for hydroxylation is 1. The predicted octanol–water partition coefficient (Wildman–Crippen LogP) is 0.428. The fourth-order valence-corrected chi connectivity index (χ4v) is 2.92. The average Bonchev–Trinajstić information content (AvgIpc) is 2.69. The first-order valence-corrected chi connectivity index (χ1v) is 9.61. The summed E-state index contributed by atoms with van der Waals surface area (Å²) in [5.41, 5.74) is 15.7. The van der Waals surface area contributed by atoms with Crippen molar-refractivity contribution in [2.45, 2.75) is 6.92 Å². The van der Waals surface area contributed by atoms with Crippen molar-refractivity contribution in [1.82, 2.24) is 0 Å². The summed E-state index contributed by atoms with van der Waals surface area (Å²) in [7, 11) is 0. The van der Waals surface area contributed by atoms with Crippen molar-refractivity contribution in [2.24, 2.45) is 0 Å². The van der Waals surface area contributed by atoms with Gasteiger partial charge in [0, 0.05) is 48.9 Å². The van der Waals surface area contributed by atoms with E-state index in [2.05, 4.69) is 0 Å². The van der Waals surface area contributed by atoms with Crippen molar-refractivity contribution in [1.29, 1.82) is 0 Å². The molecule has 29 heavy (non-hydrogen) atoms. The van der Waals surface area contributed by atoms with Crippen LogP contribution in [-0.2, 0) is 0 Å². The second kappa shape index (κ2) is 13.6. The van der Waals surface area contributed by atoms with Crippen molar-refractivity contribution < 1.29 is 20.4 Å². The zero-order chi connectivity index (χ0) is 21.6. The minimum absolute atomic E-state index is 0.0732. The molecule has 2 aromatic rings. The zero-order valence-electron chi connectivity index (χ0n) is 17.0. The van der Waals surface area contributed by atoms with Crippen LogP contribution in [0.25, 0.3) is 0 Å². The van der Waals surface area contributed by atoms with E-state index in [0.29, 0.717) is 31.9 Å². The van der Waals surface area contributed by atoms with Gasteiger partial charge in [-0.05, 0) is 55.0 Å². The molecule has 0 unspecified atom stereocenters. The first-order valence-electron chi connectivity index (χ1n) is 9.61. The number of nitrogen functional groups attached to an aromatic ring is 2. The molecule has 0 bridgehead atoms. The van der Waals surface area contributed by atoms with E-state index in [9.17, 15) is 0 Å². The number of hydrogen-bond acceptors (Lipinski definition) is 8. The van der Waals surface area contributed by atoms with E-state index in [0.717, 1.165) is 22.6 Å². The van der Waals surface area contributed by atoms with Crippen molar-refractivity contribution in [3.05, 3.63) is 48.0 Å². The Morgan fingerprint density at radius 1 is 0.655 bits per heavy atom. The van der Waals surface area contributed by atoms with E-state index in [1.165, 1.54) is 0 Å². The maximum absolute atomic E-state index is 8.92. The third kappa shape index (κ3) is 8.57. The number of aliphatic hydroxyl groups is 4. The van der Waals surface area contributed by atoms with Crippen molar-refractivity contribution in [3.8, 4) is 0 Å². The Bertz CT molecular complexity index is 686. The fraction of sp³-hybridized carbons (Fsp3) is 0.429. The highest BCUT2D eigenvalue weighted by Gasteiger charge is 2.08. The first kappa shape index (κ1) is 24.5. The fourth-order valence-electron chi connectivity index (χ4n) is 2.92. The lowest BCUT2D eigenvalue weighted by molar-refractivity contribution is 0.280. The minimum atomic E-state index is 0.0732. The molecular formula is C21H34N4O4. The molecule has 0 atom stereocenters. The average molecular weight is 407 g/mol. The highest BCUT2D eigenvalue weighted by atomic mass is 16.3. The Morgan fingerprint density at radius 3 is 1.55 bits per heavy atom. The summed E-state index contributed by atoms with van der Waals surface area (Å²) in [6.45, 7) is 4.33. The molecule has 162 valence electrons. The summed E-state index contributed by atoms with van der Waals surface area (Å²) in [5.74, 6) is 0. The molecule has 0 radical (unpaired) electrons. The maximum Gasteiger partial charge on any atom is 0.0606 e. The van der Waals surface area contributed by atoms with Crippen molar-refractivity contribution in [3.63, 3.8) is 0 Å². The topological polar surface area (TPSA) is 139 Å². The van der Waals surface area contributed by atoms with Gasteiger partial charge in [-0.15, -0.1) is 0 Å². The van der Waals surface area contributed by atoms with E-state index in [1.807, 2.05) is 47.1 Å². The summed E-state index contributed by atoms with van der Waals surface area (Å²) in [6.07, 6.45) is 0. The number of rotatable bonds is 10. The van der Waals surface area contributed by atoms with Crippen LogP contribution in [0.3, 0.4) is 0 Å². The number of nitrogens with two attached hydrogens (primary N) is 2. The molecular weight excluding hydrogens is 372 g/mol. The molecule has 0 saturated carbocycles. The number of anilines is 4. The summed E-state index contributed by atoms with van der Waals surface area (Å²) in [4.78, 5) is 3.84. The van der Waals surface area contributed by atoms with Gasteiger partial charge in [-0.3, -0.25) is 0 Å². The SMILES string of the molecule is Cc1cc(N)ccc1N(CCO)CCO.Nc1ccc(N(CCO)CCO)cc1. The number of hydrogen-bond donors (Lipinski definition) is 6. The minimum Gasteiger partial charge on any atom is -0.399 e. The first-order chi connectivity index (χ1) is 14.0. The van der Waals surface area contributed by atoms with Gasteiger partial charge in [0.25, 0.3) is 0 Å². The lowest BCUT2D eigenvalue weighted by Gasteiger charge is -2.24. The number of nitrogens with zero attached hydrogens (tertiary/aromatic N) is 2. The zero-order valence-corrected chi connectivity index (χ0v) is 17.0. The molecule has 0 heterocycles. The van der Waals surface area contributed by atoms with Gasteiger partial charge in [0.2, 0.25) is 0 Å². The Hall–Kier alpha value is -2.52. The largest absolute Gasteiger partial charge is 0.399 e. The third-order valence-electron chi connectivity index (χ3n) is 4.30. The number of benzene rings is 2. The molecule has 0 aromatic heterocycles. The number of aliphatic hydroxyl groups excluding tert-OH is 4. The van der Waals surface area contributed by atoms with E-state index < -0.39 is 0 Å². The second-order valence-electron chi connectivity index (χ2n) is 6.51. The Balaban J connectivity index is 0.000000291. The Labute approximate surface area is 172 Å². The molecule has 0 fully saturated rings. The summed E-state index contributed by atoms with van der Waals surface area (Å²) in [5, 5.41) is 35.5. The second-order valence-corrected chi connectivity index (χ2v) is 6.51. The van der Waals surface area contributed by atoms with Crippen LogP contribution in [0.5, 0.6) is 0 Å². The van der Waals surface area contributed by atoms with Gasteiger partial charge in [-0.2, -0.15) is 0 Å². The van der Waals surface area contributed by atoms with Gasteiger partial charge in [0.1, 0.15) is 0 Å². The van der Waals surface area contributed by atoms with Gasteiger partial charge in [-0.1, -0.05) is 0 Å². The van der Waals surface area contributed by atoms with Crippen LogP contribution in [0.1, 0.15) is 5.56 Å². The molecule has 0 aliphatic heterocycles. The van der Waals surface area contributed by atoms with Crippen LogP contribution in [0, 0.1) is 6.92 Å². The molecule has 8 nitrogen and oxygen atoms in total. The van der Waals surface area contributed by atoms with Crippen molar-refractivity contribution in [2.75, 3.05) is 73.9 Å². The summed E-state index contributed by atoms with van der Waals surface area (Å²) in [6, 6.07) is 13.0. The van der Waals surface area contributed by atoms with E-state index in [4.69, 9.17) is 31.9 Å². The van der Waals surface area contributed by atoms with Gasteiger partial charge in [0.05, 0.1) is 26.4 Å². The van der Waals surface area contributed by atoms with Crippen LogP contribution in [0.15, 0.2) is 42.5 Å². The van der Waals surface area contributed by atoms with Gasteiger partial charge < -0.3 is 41.7 Å². The summed E-state index contributed by atoms with van der Waals surface area (Å²) >= 11 is 0. The van der Waals surface area contributed by atoms with E-state index >= 15 is 0 Å². The van der Waals surface area contributed by atoms with E-state index in [1.54, 1.807) is 12.1 Å². The Morgan fingerprint density at radius 2 is 1.10 bits per heavy atom. The van der Waals surface area contributed by atoms with Gasteiger partial charge in [0.15, 0.2) is 0 Å². The highest BCUT2D eigenvalue weighted by Crippen LogP contribution is 2.21. The van der Waals surface area contributed by atoms with Gasteiger partial charge >= 0.3 is 0 Å². The van der Waals surface area contributed by atoms with Crippen LogP contribution >= 0.6 is 0 Å². The molecule has 2 rings (SSSR count). The molecule has 0 saturated heterocycles. The predicted molar refractivity (Wildman–Crippen MR) is 119 cm³/mol. The van der Waals surface area contributed by atoms with Crippen LogP contribution in [-0.4, -0.2) is 73.0 Å². The lowest BCUT2D eigenvalue weighted by Crippen LogP contribution is -2.30. The molecule has 8 N–H and O–H groups in total. The molecule has 0 amide bonds. The molecule has 0 aliphatic carbocycles. The van der Waals surface area contributed by atoms with E-state index in [-0.39, 0.29) is 26.4 Å². The van der Waals surface area contributed by atoms with Crippen molar-refractivity contribution >= 4 is 22.7 Å². The van der Waals surface area contributed by atoms with Crippen LogP contribution < -0.4 is 21.3 Å². The quantitative estimate of drug-likeness (QED) is 0.312. The van der Waals surface area contributed by atoms with Gasteiger partial charge in [-0.25, -0.2) is 0 Å². The lowest BCUT2D eigenvalue weighted by atomic mass is 10.1. The maximum atomic E-state index is 8.92. The van der Waals surface area contributed by atoms with Crippen LogP contribution in [0.2, 0.25) is 0 Å². The molecule has 0 aliphatic rings. The van der Waals surface area contributed by atoms with Crippen LogP contribution in [0.4, 0.5) is 22.7 Å². The normalized spacial score (nSPS) is 10.2. The molecule has 0 spiro atoms. The summed E-state index contributed by atoms with van der Waals surface area (Å²) < 4.78 is 0. The molecule has 8 heteroatoms. The monoisotopic (exact) mass is 406 g/mol. The Kier molecular flexibility index (Phi) is 11.5. The third-order valence-corrected chi connectivity index (χ3v) is 4.30. The smallest absolute Gasteiger partial charge is 0.0606 e.